The molecule has 0 heterocycles. The number of esters is 3. The van der Waals surface area contributed by atoms with E-state index >= 15 is 0 Å². The average Bonchev–Trinajstić information content (AvgIpc) is 3.49. The van der Waals surface area contributed by atoms with Crippen LogP contribution in [-0.4, -0.2) is 37.2 Å². The summed E-state index contributed by atoms with van der Waals surface area (Å²) >= 11 is 0. The van der Waals surface area contributed by atoms with Gasteiger partial charge in [-0.1, -0.05) is 370 Å². The van der Waals surface area contributed by atoms with Crippen LogP contribution in [0.2, 0.25) is 0 Å². The van der Waals surface area contributed by atoms with Gasteiger partial charge in [-0.15, -0.1) is 0 Å². The van der Waals surface area contributed by atoms with Gasteiger partial charge in [-0.25, -0.2) is 0 Å². The van der Waals surface area contributed by atoms with E-state index in [2.05, 4.69) is 81.5 Å². The molecule has 484 valence electrons. The summed E-state index contributed by atoms with van der Waals surface area (Å²) in [7, 11) is 0. The first-order valence-corrected chi connectivity index (χ1v) is 36.8. The Balaban J connectivity index is 4.34. The molecule has 0 spiro atoms. The minimum absolute atomic E-state index is 0.0770. The molecule has 83 heavy (non-hydrogen) atoms. The number of ether oxygens (including phenoxy) is 3. The van der Waals surface area contributed by atoms with Crippen LogP contribution < -0.4 is 0 Å². The van der Waals surface area contributed by atoms with Crippen LogP contribution in [0.3, 0.4) is 0 Å². The molecule has 6 heteroatoms. The molecular weight excluding hydrogens is 1020 g/mol. The van der Waals surface area contributed by atoms with E-state index in [9.17, 15) is 14.4 Å². The summed E-state index contributed by atoms with van der Waals surface area (Å²) in [6.45, 7) is 6.59. The summed E-state index contributed by atoms with van der Waals surface area (Å²) in [5.74, 6) is -0.866. The molecule has 0 bridgehead atoms. The molecule has 0 aliphatic rings. The summed E-state index contributed by atoms with van der Waals surface area (Å²) in [6, 6.07) is 0. The van der Waals surface area contributed by atoms with Crippen LogP contribution in [-0.2, 0) is 28.6 Å². The summed E-state index contributed by atoms with van der Waals surface area (Å²) in [5.41, 5.74) is 0. The highest BCUT2D eigenvalue weighted by atomic mass is 16.6. The van der Waals surface area contributed by atoms with E-state index in [-0.39, 0.29) is 31.1 Å². The van der Waals surface area contributed by atoms with Gasteiger partial charge in [0.15, 0.2) is 6.10 Å². The molecule has 1 unspecified atom stereocenters. The van der Waals surface area contributed by atoms with Gasteiger partial charge in [0.05, 0.1) is 0 Å². The fourth-order valence-corrected chi connectivity index (χ4v) is 11.1. The van der Waals surface area contributed by atoms with E-state index in [1.807, 2.05) is 0 Å². The number of carbonyl (C=O) groups excluding carboxylic acids is 3. The highest BCUT2D eigenvalue weighted by Gasteiger charge is 2.19. The maximum atomic E-state index is 13.0. The van der Waals surface area contributed by atoms with Gasteiger partial charge in [-0.05, 0) is 64.2 Å². The smallest absolute Gasteiger partial charge is 0.306 e. The molecular formula is C77H140O6. The third kappa shape index (κ3) is 69.8. The van der Waals surface area contributed by atoms with E-state index in [1.165, 1.54) is 244 Å². The van der Waals surface area contributed by atoms with E-state index in [1.54, 1.807) is 0 Å². The highest BCUT2D eigenvalue weighted by Crippen LogP contribution is 2.19. The monoisotopic (exact) mass is 1160 g/mol. The molecule has 0 aliphatic heterocycles. The molecule has 0 saturated carbocycles. The first-order chi connectivity index (χ1) is 41.0. The van der Waals surface area contributed by atoms with Crippen molar-refractivity contribution in [2.24, 2.45) is 0 Å². The number of hydrogen-bond donors (Lipinski definition) is 0. The van der Waals surface area contributed by atoms with Gasteiger partial charge in [0.1, 0.15) is 13.2 Å². The summed E-state index contributed by atoms with van der Waals surface area (Å²) in [6.07, 6.45) is 92.5. The molecule has 0 aromatic carbocycles. The van der Waals surface area contributed by atoms with Gasteiger partial charge in [0.2, 0.25) is 0 Å². The van der Waals surface area contributed by atoms with Crippen molar-refractivity contribution in [3.63, 3.8) is 0 Å². The largest absolute Gasteiger partial charge is 0.462 e. The van der Waals surface area contributed by atoms with Crippen LogP contribution >= 0.6 is 0 Å². The fourth-order valence-electron chi connectivity index (χ4n) is 11.1. The Morgan fingerprint density at radius 2 is 0.470 bits per heavy atom. The van der Waals surface area contributed by atoms with Gasteiger partial charge in [-0.2, -0.15) is 0 Å². The summed E-state index contributed by atoms with van der Waals surface area (Å²) in [5, 5.41) is 0. The number of hydrogen-bond acceptors (Lipinski definition) is 6. The molecule has 0 fully saturated rings. The maximum absolute atomic E-state index is 13.0. The third-order valence-corrected chi connectivity index (χ3v) is 16.5. The summed E-state index contributed by atoms with van der Waals surface area (Å²) in [4.78, 5) is 38.5. The first-order valence-electron chi connectivity index (χ1n) is 36.8. The van der Waals surface area contributed by atoms with Crippen molar-refractivity contribution >= 4 is 17.9 Å². The molecule has 0 N–H and O–H groups in total. The van der Waals surface area contributed by atoms with Crippen LogP contribution in [0.4, 0.5) is 0 Å². The van der Waals surface area contributed by atoms with Crippen molar-refractivity contribution < 1.29 is 28.6 Å². The van der Waals surface area contributed by atoms with Crippen LogP contribution in [0, 0.1) is 0 Å². The van der Waals surface area contributed by atoms with Crippen LogP contribution in [0.25, 0.3) is 0 Å². The predicted molar refractivity (Wildman–Crippen MR) is 362 cm³/mol. The van der Waals surface area contributed by atoms with E-state index in [0.29, 0.717) is 19.3 Å². The quantitative estimate of drug-likeness (QED) is 0.0261. The van der Waals surface area contributed by atoms with Gasteiger partial charge in [0, 0.05) is 19.3 Å². The van der Waals surface area contributed by atoms with Crippen LogP contribution in [0.15, 0.2) is 60.8 Å². The number of rotatable bonds is 68. The molecule has 0 aromatic heterocycles. The topological polar surface area (TPSA) is 78.9 Å². The predicted octanol–water partition coefficient (Wildman–Crippen LogP) is 25.5. The molecule has 1 atom stereocenters. The number of carbonyl (C=O) groups is 3. The van der Waals surface area contributed by atoms with Crippen molar-refractivity contribution in [1.29, 1.82) is 0 Å². The second kappa shape index (κ2) is 71.6. The summed E-state index contributed by atoms with van der Waals surface area (Å²) < 4.78 is 17.0. The second-order valence-corrected chi connectivity index (χ2v) is 24.8. The van der Waals surface area contributed by atoms with Crippen molar-refractivity contribution in [1.82, 2.24) is 0 Å². The lowest BCUT2D eigenvalue weighted by Crippen LogP contribution is -2.30. The Morgan fingerprint density at radius 1 is 0.253 bits per heavy atom. The van der Waals surface area contributed by atoms with E-state index < -0.39 is 6.10 Å². The SMILES string of the molecule is CC/C=C\C/C=C\C/C=C\C/C=C\C/C=C\CCCCCCCC(=O)OC(COC(=O)CCCCCCCCCCCCCCCCCCCCCC)COC(=O)CCCCCCCCCCCCCCCCCCCCCCCCCC. The lowest BCUT2D eigenvalue weighted by molar-refractivity contribution is -0.167. The molecule has 0 rings (SSSR count). The highest BCUT2D eigenvalue weighted by molar-refractivity contribution is 5.71. The Kier molecular flexibility index (Phi) is 69.1. The molecule has 0 radical (unpaired) electrons. The zero-order chi connectivity index (χ0) is 59.9. The van der Waals surface area contributed by atoms with E-state index in [4.69, 9.17) is 14.2 Å². The molecule has 0 aliphatic carbocycles. The van der Waals surface area contributed by atoms with Crippen molar-refractivity contribution in [2.45, 2.75) is 399 Å². The minimum atomic E-state index is -0.784. The average molecular weight is 1160 g/mol. The Bertz CT molecular complexity index is 1470. The van der Waals surface area contributed by atoms with Gasteiger partial charge in [-0.3, -0.25) is 14.4 Å². The Morgan fingerprint density at radius 3 is 0.735 bits per heavy atom. The lowest BCUT2D eigenvalue weighted by Gasteiger charge is -2.18. The van der Waals surface area contributed by atoms with Crippen molar-refractivity contribution in [2.75, 3.05) is 13.2 Å². The van der Waals surface area contributed by atoms with Crippen molar-refractivity contribution in [3.8, 4) is 0 Å². The lowest BCUT2D eigenvalue weighted by atomic mass is 10.0. The van der Waals surface area contributed by atoms with Gasteiger partial charge < -0.3 is 14.2 Å². The zero-order valence-electron chi connectivity index (χ0n) is 55.7. The van der Waals surface area contributed by atoms with Gasteiger partial charge in [0.25, 0.3) is 0 Å². The fraction of sp³-hybridized carbons (Fsp3) is 0.831. The zero-order valence-corrected chi connectivity index (χ0v) is 55.7. The number of unbranched alkanes of at least 4 members (excludes halogenated alkanes) is 47. The normalized spacial score (nSPS) is 12.4. The molecule has 6 nitrogen and oxygen atoms in total. The Hall–Kier alpha value is -2.89. The van der Waals surface area contributed by atoms with Crippen LogP contribution in [0.5, 0.6) is 0 Å². The number of allylic oxidation sites excluding steroid dienone is 10. The molecule has 0 amide bonds. The molecule has 0 aromatic rings. The minimum Gasteiger partial charge on any atom is -0.462 e. The molecule has 0 saturated heterocycles. The first kappa shape index (κ1) is 80.1. The Labute approximate surface area is 517 Å². The third-order valence-electron chi connectivity index (χ3n) is 16.5. The van der Waals surface area contributed by atoms with E-state index in [0.717, 1.165) is 109 Å². The van der Waals surface area contributed by atoms with Crippen LogP contribution in [0.1, 0.15) is 393 Å². The van der Waals surface area contributed by atoms with Crippen molar-refractivity contribution in [3.05, 3.63) is 60.8 Å². The second-order valence-electron chi connectivity index (χ2n) is 24.8. The standard InChI is InChI=1S/C77H140O6/c1-4-7-10-13-16-19-22-25-28-31-34-37-38-39-41-43-46-49-52-55-58-61-64-67-70-76(79)82-73-74(72-81-75(78)69-66-63-60-57-54-51-48-45-42-36-33-30-27-24-21-18-15-12-9-6-3)83-77(80)71-68-65-62-59-56-53-50-47-44-40-35-32-29-26-23-20-17-14-11-8-5-2/h8,11,17,20,26,29,35,40,47,50,74H,4-7,9-10,12-16,18-19,21-25,27-28,30-34,36-39,41-46,48-49,51-73H2,1-3H3/b11-8-,20-17-,29-26-,40-35-,50-47-. The maximum Gasteiger partial charge on any atom is 0.306 e. The van der Waals surface area contributed by atoms with Gasteiger partial charge >= 0.3 is 17.9 Å².